The van der Waals surface area contributed by atoms with E-state index in [1.54, 1.807) is 0 Å². The van der Waals surface area contributed by atoms with Gasteiger partial charge in [-0.25, -0.2) is 0 Å². The molecule has 244 valence electrons. The molecule has 0 radical (unpaired) electrons. The van der Waals surface area contributed by atoms with Crippen molar-refractivity contribution < 1.29 is 0 Å². The minimum Gasteiger partial charge on any atom is -0.135 e. The van der Waals surface area contributed by atoms with Crippen molar-refractivity contribution in [1.29, 1.82) is 0 Å². The van der Waals surface area contributed by atoms with Crippen LogP contribution in [0.25, 0.3) is 97.0 Å². The fourth-order valence-corrected chi connectivity index (χ4v) is 10.5. The molecule has 0 saturated carbocycles. The molecule has 10 aromatic rings. The maximum atomic E-state index is 2.49. The Morgan fingerprint density at radius 2 is 0.923 bits per heavy atom. The molecule has 0 aliphatic heterocycles. The van der Waals surface area contributed by atoms with Crippen LogP contribution in [-0.2, 0) is 5.41 Å². The highest BCUT2D eigenvalue weighted by Crippen LogP contribution is 2.55. The summed E-state index contributed by atoms with van der Waals surface area (Å²) in [6, 6.07) is 63.6. The van der Waals surface area contributed by atoms with Gasteiger partial charge < -0.3 is 0 Å². The van der Waals surface area contributed by atoms with E-state index < -0.39 is 0 Å². The first-order chi connectivity index (χ1) is 25.6. The Morgan fingerprint density at radius 3 is 1.79 bits per heavy atom. The standard InChI is InChI=1S/C51H34S/c1-51(2)43-24-9-7-19-38(43)49-40(22-12-25-44(49)51)48-36-18-6-5-17-35(36)47(41-23-13-27-46-50(41)39-20-8-10-26-45(39)52-46)37-29-28-32(30-42(37)48)34-21-11-15-31-14-3-4-16-33(31)34/h3-30H,1-2H3. The third-order valence-electron chi connectivity index (χ3n) is 11.7. The van der Waals surface area contributed by atoms with Gasteiger partial charge in [0, 0.05) is 25.6 Å². The van der Waals surface area contributed by atoms with E-state index in [0.717, 1.165) is 0 Å². The zero-order valence-corrected chi connectivity index (χ0v) is 29.9. The monoisotopic (exact) mass is 678 g/mol. The van der Waals surface area contributed by atoms with Crippen LogP contribution < -0.4 is 0 Å². The van der Waals surface area contributed by atoms with Gasteiger partial charge in [-0.15, -0.1) is 11.3 Å². The highest BCUT2D eigenvalue weighted by atomic mass is 32.1. The first kappa shape index (κ1) is 29.7. The predicted octanol–water partition coefficient (Wildman–Crippen LogP) is 14.8. The summed E-state index contributed by atoms with van der Waals surface area (Å²) >= 11 is 1.89. The van der Waals surface area contributed by atoms with Crippen LogP contribution >= 0.6 is 11.3 Å². The molecule has 0 saturated heterocycles. The number of hydrogen-bond acceptors (Lipinski definition) is 1. The summed E-state index contributed by atoms with van der Waals surface area (Å²) in [6.07, 6.45) is 0. The number of benzene rings is 9. The van der Waals surface area contributed by atoms with E-state index in [1.807, 2.05) is 11.3 Å². The second kappa shape index (κ2) is 11.0. The van der Waals surface area contributed by atoms with Gasteiger partial charge in [0.15, 0.2) is 0 Å². The fraction of sp³-hybridized carbons (Fsp3) is 0.0588. The van der Waals surface area contributed by atoms with Crippen molar-refractivity contribution in [2.45, 2.75) is 19.3 Å². The minimum atomic E-state index is -0.0861. The summed E-state index contributed by atoms with van der Waals surface area (Å²) in [5.41, 5.74) is 13.1. The Bertz CT molecular complexity index is 3090. The van der Waals surface area contributed by atoms with E-state index in [4.69, 9.17) is 0 Å². The van der Waals surface area contributed by atoms with Crippen LogP contribution in [0, 0.1) is 0 Å². The Labute approximate surface area is 307 Å². The quantitative estimate of drug-likeness (QED) is 0.163. The molecule has 1 aliphatic carbocycles. The molecule has 0 atom stereocenters. The zero-order valence-electron chi connectivity index (χ0n) is 29.1. The van der Waals surface area contributed by atoms with Gasteiger partial charge in [-0.1, -0.05) is 166 Å². The summed E-state index contributed by atoms with van der Waals surface area (Å²) in [6.45, 7) is 4.76. The Balaban J connectivity index is 1.33. The fourth-order valence-electron chi connectivity index (χ4n) is 9.35. The average molecular weight is 679 g/mol. The molecule has 0 fully saturated rings. The van der Waals surface area contributed by atoms with Crippen LogP contribution in [0.1, 0.15) is 25.0 Å². The SMILES string of the molecule is CC1(C)c2ccccc2-c2c(-c3c4ccccc4c(-c4cccc5sc6ccccc6c45)c4ccc(-c5cccc6ccccc56)cc34)cccc21. The smallest absolute Gasteiger partial charge is 0.0361 e. The van der Waals surface area contributed by atoms with Crippen LogP contribution in [0.4, 0.5) is 0 Å². The van der Waals surface area contributed by atoms with Crippen molar-refractivity contribution in [3.8, 4) is 44.5 Å². The largest absolute Gasteiger partial charge is 0.135 e. The summed E-state index contributed by atoms with van der Waals surface area (Å²) in [5, 5.41) is 10.3. The predicted molar refractivity (Wildman–Crippen MR) is 226 cm³/mol. The first-order valence-corrected chi connectivity index (χ1v) is 19.0. The average Bonchev–Trinajstić information content (AvgIpc) is 3.69. The van der Waals surface area contributed by atoms with Gasteiger partial charge in [-0.3, -0.25) is 0 Å². The van der Waals surface area contributed by atoms with E-state index in [9.17, 15) is 0 Å². The lowest BCUT2D eigenvalue weighted by molar-refractivity contribution is 0.660. The van der Waals surface area contributed by atoms with E-state index in [1.165, 1.54) is 108 Å². The first-order valence-electron chi connectivity index (χ1n) is 18.2. The van der Waals surface area contributed by atoms with Gasteiger partial charge in [0.25, 0.3) is 0 Å². The molecule has 11 rings (SSSR count). The molecule has 0 spiro atoms. The maximum Gasteiger partial charge on any atom is 0.0361 e. The van der Waals surface area contributed by atoms with Gasteiger partial charge in [-0.2, -0.15) is 0 Å². The van der Waals surface area contributed by atoms with E-state index in [-0.39, 0.29) is 5.41 Å². The molecular weight excluding hydrogens is 645 g/mol. The van der Waals surface area contributed by atoms with Gasteiger partial charge in [0.2, 0.25) is 0 Å². The van der Waals surface area contributed by atoms with Gasteiger partial charge in [-0.05, 0) is 106 Å². The normalized spacial score (nSPS) is 13.3. The van der Waals surface area contributed by atoms with E-state index >= 15 is 0 Å². The lowest BCUT2D eigenvalue weighted by Crippen LogP contribution is -2.14. The molecule has 0 bridgehead atoms. The van der Waals surface area contributed by atoms with Crippen LogP contribution in [0.3, 0.4) is 0 Å². The van der Waals surface area contributed by atoms with Gasteiger partial charge in [0.05, 0.1) is 0 Å². The van der Waals surface area contributed by atoms with Crippen molar-refractivity contribution in [3.05, 3.63) is 181 Å². The second-order valence-corrected chi connectivity index (χ2v) is 15.8. The minimum absolute atomic E-state index is 0.0861. The van der Waals surface area contributed by atoms with Crippen LogP contribution in [0.15, 0.2) is 170 Å². The summed E-state index contributed by atoms with van der Waals surface area (Å²) in [5.74, 6) is 0. The summed E-state index contributed by atoms with van der Waals surface area (Å²) < 4.78 is 2.65. The number of thiophene rings is 1. The molecule has 1 heterocycles. The molecule has 0 amide bonds. The van der Waals surface area contributed by atoms with Crippen LogP contribution in [-0.4, -0.2) is 0 Å². The lowest BCUT2D eigenvalue weighted by Gasteiger charge is -2.23. The molecule has 1 heteroatoms. The molecule has 1 aromatic heterocycles. The number of hydrogen-bond donors (Lipinski definition) is 0. The zero-order chi connectivity index (χ0) is 34.6. The maximum absolute atomic E-state index is 2.49. The molecule has 9 aromatic carbocycles. The third kappa shape index (κ3) is 4.09. The highest BCUT2D eigenvalue weighted by molar-refractivity contribution is 7.25. The molecular formula is C51H34S. The summed E-state index contributed by atoms with van der Waals surface area (Å²) in [4.78, 5) is 0. The van der Waals surface area contributed by atoms with Crippen molar-refractivity contribution >= 4 is 63.8 Å². The highest BCUT2D eigenvalue weighted by Gasteiger charge is 2.37. The lowest BCUT2D eigenvalue weighted by atomic mass is 9.80. The van der Waals surface area contributed by atoms with Crippen LogP contribution in [0.5, 0.6) is 0 Å². The van der Waals surface area contributed by atoms with E-state index in [2.05, 4.69) is 184 Å². The van der Waals surface area contributed by atoms with Crippen molar-refractivity contribution in [1.82, 2.24) is 0 Å². The molecule has 52 heavy (non-hydrogen) atoms. The molecule has 1 aliphatic rings. The molecule has 0 nitrogen and oxygen atoms in total. The van der Waals surface area contributed by atoms with Gasteiger partial charge in [0.1, 0.15) is 0 Å². The van der Waals surface area contributed by atoms with Crippen molar-refractivity contribution in [2.24, 2.45) is 0 Å². The number of rotatable bonds is 3. The molecule has 0 unspecified atom stereocenters. The molecule has 0 N–H and O–H groups in total. The van der Waals surface area contributed by atoms with E-state index in [0.29, 0.717) is 0 Å². The second-order valence-electron chi connectivity index (χ2n) is 14.8. The van der Waals surface area contributed by atoms with Gasteiger partial charge >= 0.3 is 0 Å². The Kier molecular flexibility index (Phi) is 6.27. The Hall–Kier alpha value is -6.02. The third-order valence-corrected chi connectivity index (χ3v) is 12.8. The topological polar surface area (TPSA) is 0 Å². The van der Waals surface area contributed by atoms with Crippen molar-refractivity contribution in [3.63, 3.8) is 0 Å². The summed E-state index contributed by atoms with van der Waals surface area (Å²) in [7, 11) is 0. The van der Waals surface area contributed by atoms with Crippen LogP contribution in [0.2, 0.25) is 0 Å². The van der Waals surface area contributed by atoms with Crippen molar-refractivity contribution in [2.75, 3.05) is 0 Å². The number of fused-ring (bicyclic) bond motifs is 9. The Morgan fingerprint density at radius 1 is 0.365 bits per heavy atom.